The molecule has 0 unspecified atom stereocenters. The number of nitrogens with one attached hydrogen (secondary N) is 1. The lowest BCUT2D eigenvalue weighted by Gasteiger charge is -2.29. The van der Waals surface area contributed by atoms with Crippen molar-refractivity contribution in [3.8, 4) is 0 Å². The number of aryl methyl sites for hydroxylation is 1. The highest BCUT2D eigenvalue weighted by atomic mass is 32.2. The molecule has 1 fully saturated rings. The fourth-order valence-corrected chi connectivity index (χ4v) is 4.25. The summed E-state index contributed by atoms with van der Waals surface area (Å²) in [5.41, 5.74) is 2.44. The van der Waals surface area contributed by atoms with E-state index in [1.807, 2.05) is 26.0 Å². The summed E-state index contributed by atoms with van der Waals surface area (Å²) in [6.45, 7) is 6.43. The van der Waals surface area contributed by atoms with E-state index in [9.17, 15) is 13.2 Å². The molecule has 7 heteroatoms. The van der Waals surface area contributed by atoms with E-state index in [-0.39, 0.29) is 12.5 Å². The molecule has 0 atom stereocenters. The molecule has 1 aliphatic rings. The van der Waals surface area contributed by atoms with Crippen molar-refractivity contribution in [3.63, 3.8) is 0 Å². The molecule has 0 aliphatic carbocycles. The van der Waals surface area contributed by atoms with Gasteiger partial charge in [0.1, 0.15) is 6.54 Å². The Kier molecular flexibility index (Phi) is 7.06. The second-order valence-corrected chi connectivity index (χ2v) is 9.28. The number of carbonyl (C=O) groups is 1. The van der Waals surface area contributed by atoms with Crippen molar-refractivity contribution in [2.45, 2.75) is 33.1 Å². The molecule has 146 valence electrons. The van der Waals surface area contributed by atoms with Gasteiger partial charge in [0.2, 0.25) is 15.9 Å². The molecule has 1 heterocycles. The van der Waals surface area contributed by atoms with Crippen LogP contribution in [0.5, 0.6) is 0 Å². The number of hydrogen-bond donors (Lipinski definition) is 1. The van der Waals surface area contributed by atoms with Crippen LogP contribution in [0.1, 0.15) is 30.4 Å². The zero-order chi connectivity index (χ0) is 19.3. The van der Waals surface area contributed by atoms with Gasteiger partial charge < -0.3 is 10.2 Å². The van der Waals surface area contributed by atoms with Crippen LogP contribution in [0, 0.1) is 19.8 Å². The van der Waals surface area contributed by atoms with Crippen LogP contribution >= 0.6 is 0 Å². The number of likely N-dealkylation sites (tertiary alicyclic amines) is 1. The largest absolute Gasteiger partial charge is 0.355 e. The van der Waals surface area contributed by atoms with Crippen molar-refractivity contribution in [2.24, 2.45) is 5.92 Å². The van der Waals surface area contributed by atoms with Crippen molar-refractivity contribution < 1.29 is 13.2 Å². The molecular formula is C19H31N3O3S. The highest BCUT2D eigenvalue weighted by Crippen LogP contribution is 2.24. The molecule has 0 aromatic heterocycles. The van der Waals surface area contributed by atoms with Crippen molar-refractivity contribution in [2.75, 3.05) is 43.8 Å². The van der Waals surface area contributed by atoms with Crippen LogP contribution in [-0.2, 0) is 14.8 Å². The summed E-state index contributed by atoms with van der Waals surface area (Å²) in [6, 6.07) is 5.49. The number of rotatable bonds is 7. The van der Waals surface area contributed by atoms with E-state index in [0.29, 0.717) is 18.2 Å². The molecule has 26 heavy (non-hydrogen) atoms. The second-order valence-electron chi connectivity index (χ2n) is 7.37. The van der Waals surface area contributed by atoms with Crippen LogP contribution in [-0.4, -0.2) is 58.7 Å². The maximum absolute atomic E-state index is 12.3. The Morgan fingerprint density at radius 3 is 2.54 bits per heavy atom. The van der Waals surface area contributed by atoms with Crippen molar-refractivity contribution in [1.29, 1.82) is 0 Å². The molecule has 0 bridgehead atoms. The van der Waals surface area contributed by atoms with Gasteiger partial charge in [0.15, 0.2) is 0 Å². The van der Waals surface area contributed by atoms with Gasteiger partial charge in [0.05, 0.1) is 11.9 Å². The predicted molar refractivity (Wildman–Crippen MR) is 106 cm³/mol. The summed E-state index contributed by atoms with van der Waals surface area (Å²) >= 11 is 0. The third-order valence-corrected chi connectivity index (χ3v) is 6.37. The molecule has 1 aromatic carbocycles. The lowest BCUT2D eigenvalue weighted by molar-refractivity contribution is -0.119. The van der Waals surface area contributed by atoms with E-state index in [1.165, 1.54) is 4.31 Å². The Hall–Kier alpha value is -1.60. The van der Waals surface area contributed by atoms with E-state index in [4.69, 9.17) is 0 Å². The van der Waals surface area contributed by atoms with E-state index >= 15 is 0 Å². The maximum atomic E-state index is 12.3. The number of hydrogen-bond acceptors (Lipinski definition) is 4. The number of anilines is 1. The number of benzene rings is 1. The number of nitrogens with zero attached hydrogens (tertiary/aromatic N) is 2. The number of sulfonamides is 1. The molecule has 0 saturated carbocycles. The van der Waals surface area contributed by atoms with E-state index in [2.05, 4.69) is 17.3 Å². The van der Waals surface area contributed by atoms with Gasteiger partial charge in [-0.15, -0.1) is 0 Å². The molecule has 1 aliphatic heterocycles. The lowest BCUT2D eigenvalue weighted by Crippen LogP contribution is -2.41. The van der Waals surface area contributed by atoms with Gasteiger partial charge in [0.25, 0.3) is 0 Å². The van der Waals surface area contributed by atoms with Crippen LogP contribution in [0.15, 0.2) is 18.2 Å². The average Bonchev–Trinajstić information content (AvgIpc) is 2.56. The normalized spacial score (nSPS) is 16.5. The third kappa shape index (κ3) is 5.71. The Bertz CT molecular complexity index is 726. The van der Waals surface area contributed by atoms with Crippen molar-refractivity contribution in [3.05, 3.63) is 29.3 Å². The molecule has 1 amide bonds. The summed E-state index contributed by atoms with van der Waals surface area (Å²) < 4.78 is 25.6. The minimum absolute atomic E-state index is 0.184. The van der Waals surface area contributed by atoms with Gasteiger partial charge in [-0.3, -0.25) is 9.10 Å². The Morgan fingerprint density at radius 1 is 1.27 bits per heavy atom. The van der Waals surface area contributed by atoms with Crippen LogP contribution in [0.4, 0.5) is 5.69 Å². The smallest absolute Gasteiger partial charge is 0.240 e. The van der Waals surface area contributed by atoms with Crippen molar-refractivity contribution >= 4 is 21.6 Å². The summed E-state index contributed by atoms with van der Waals surface area (Å²) in [4.78, 5) is 14.7. The fraction of sp³-hybridized carbons (Fsp3) is 0.632. The Labute approximate surface area is 157 Å². The van der Waals surface area contributed by atoms with Crippen LogP contribution in [0.2, 0.25) is 0 Å². The van der Waals surface area contributed by atoms with Gasteiger partial charge in [-0.2, -0.15) is 0 Å². The Morgan fingerprint density at radius 2 is 1.92 bits per heavy atom. The van der Waals surface area contributed by atoms with E-state index in [0.717, 1.165) is 49.7 Å². The molecule has 1 N–H and O–H groups in total. The first-order valence-corrected chi connectivity index (χ1v) is 11.0. The lowest BCUT2D eigenvalue weighted by atomic mass is 9.94. The highest BCUT2D eigenvalue weighted by molar-refractivity contribution is 7.92. The number of piperidine rings is 1. The van der Waals surface area contributed by atoms with Gasteiger partial charge in [-0.1, -0.05) is 12.1 Å². The van der Waals surface area contributed by atoms with Crippen molar-refractivity contribution in [1.82, 2.24) is 10.2 Å². The first-order chi connectivity index (χ1) is 12.2. The summed E-state index contributed by atoms with van der Waals surface area (Å²) in [7, 11) is -1.41. The summed E-state index contributed by atoms with van der Waals surface area (Å²) in [5, 5.41) is 2.89. The minimum atomic E-state index is -3.54. The van der Waals surface area contributed by atoms with Crippen LogP contribution in [0.25, 0.3) is 0 Å². The van der Waals surface area contributed by atoms with E-state index in [1.54, 1.807) is 6.07 Å². The molecule has 6 nitrogen and oxygen atoms in total. The average molecular weight is 382 g/mol. The van der Waals surface area contributed by atoms with Gasteiger partial charge in [-0.25, -0.2) is 8.42 Å². The van der Waals surface area contributed by atoms with Crippen LogP contribution < -0.4 is 9.62 Å². The van der Waals surface area contributed by atoms with Gasteiger partial charge in [0, 0.05) is 6.54 Å². The fourth-order valence-electron chi connectivity index (χ4n) is 3.34. The molecular weight excluding hydrogens is 350 g/mol. The number of amides is 1. The van der Waals surface area contributed by atoms with Gasteiger partial charge in [-0.05, 0) is 76.4 Å². The van der Waals surface area contributed by atoms with Crippen LogP contribution in [0.3, 0.4) is 0 Å². The predicted octanol–water partition coefficient (Wildman–Crippen LogP) is 1.92. The highest BCUT2D eigenvalue weighted by Gasteiger charge is 2.23. The van der Waals surface area contributed by atoms with Gasteiger partial charge >= 0.3 is 0 Å². The zero-order valence-corrected chi connectivity index (χ0v) is 17.1. The minimum Gasteiger partial charge on any atom is -0.355 e. The van der Waals surface area contributed by atoms with E-state index < -0.39 is 10.0 Å². The molecule has 2 rings (SSSR count). The molecule has 0 spiro atoms. The quantitative estimate of drug-likeness (QED) is 0.783. The molecule has 0 radical (unpaired) electrons. The summed E-state index contributed by atoms with van der Waals surface area (Å²) in [6.07, 6.45) is 4.40. The second kappa shape index (κ2) is 8.86. The topological polar surface area (TPSA) is 69.7 Å². The first-order valence-electron chi connectivity index (χ1n) is 9.17. The third-order valence-electron chi connectivity index (χ3n) is 5.25. The first kappa shape index (κ1) is 20.7. The monoisotopic (exact) mass is 381 g/mol. The number of carbonyl (C=O) groups excluding carboxylic acids is 1. The molecule has 1 aromatic rings. The summed E-state index contributed by atoms with van der Waals surface area (Å²) in [5.74, 6) is 0.376. The zero-order valence-electron chi connectivity index (χ0n) is 16.3. The molecule has 1 saturated heterocycles. The maximum Gasteiger partial charge on any atom is 0.240 e. The standard InChI is InChI=1S/C19H31N3O3S/c1-15-6-5-7-18(16(15)2)22(26(4,24)25)14-19(23)20-11-8-17-9-12-21(3)13-10-17/h5-7,17H,8-14H2,1-4H3,(H,20,23). The Balaban J connectivity index is 1.94. The SMILES string of the molecule is Cc1cccc(N(CC(=O)NCCC2CCN(C)CC2)S(C)(=O)=O)c1C.